The van der Waals surface area contributed by atoms with Gasteiger partial charge in [0.05, 0.1) is 14.8 Å². The van der Waals surface area contributed by atoms with Gasteiger partial charge in [-0.25, -0.2) is 9.37 Å². The molecule has 1 aromatic heterocycles. The summed E-state index contributed by atoms with van der Waals surface area (Å²) in [5.41, 5.74) is 1.47. The minimum atomic E-state index is -0.155. The lowest BCUT2D eigenvalue weighted by Gasteiger charge is -2.08. The fourth-order valence-corrected chi connectivity index (χ4v) is 3.03. The van der Waals surface area contributed by atoms with Gasteiger partial charge in [-0.05, 0) is 53.6 Å². The molecule has 2 rings (SSSR count). The number of hydrogen-bond donors (Lipinski definition) is 0. The normalized spacial score (nSPS) is 11.1. The third kappa shape index (κ3) is 3.02. The predicted octanol–water partition coefficient (Wildman–Crippen LogP) is 5.47. The third-order valence-corrected chi connectivity index (χ3v) is 4.46. The first-order valence-corrected chi connectivity index (χ1v) is 7.93. The summed E-state index contributed by atoms with van der Waals surface area (Å²) in [6.07, 6.45) is 3.98. The second-order valence-corrected chi connectivity index (χ2v) is 6.30. The molecule has 0 saturated heterocycles. The van der Waals surface area contributed by atoms with Crippen LogP contribution in [0.2, 0.25) is 0 Å². The molecule has 1 nitrogen and oxygen atoms in total. The van der Waals surface area contributed by atoms with E-state index in [-0.39, 0.29) is 5.82 Å². The van der Waals surface area contributed by atoms with E-state index in [1.807, 2.05) is 18.2 Å². The molecule has 0 spiro atoms. The van der Waals surface area contributed by atoms with Crippen LogP contribution in [0.25, 0.3) is 10.9 Å². The average Bonchev–Trinajstić information content (AvgIpc) is 2.36. The van der Waals surface area contributed by atoms with Gasteiger partial charge in [-0.3, -0.25) is 0 Å². The number of pyridine rings is 1. The maximum absolute atomic E-state index is 14.2. The van der Waals surface area contributed by atoms with Gasteiger partial charge in [-0.15, -0.1) is 0 Å². The molecule has 4 heteroatoms. The Kier molecular flexibility index (Phi) is 4.95. The number of aromatic nitrogens is 1. The van der Waals surface area contributed by atoms with E-state index in [1.54, 1.807) is 0 Å². The summed E-state index contributed by atoms with van der Waals surface area (Å²) in [7, 11) is 0. The van der Waals surface area contributed by atoms with Crippen molar-refractivity contribution in [3.63, 3.8) is 0 Å². The summed E-state index contributed by atoms with van der Waals surface area (Å²) in [6.45, 7) is 2.14. The van der Waals surface area contributed by atoms with Crippen LogP contribution in [0.5, 0.6) is 0 Å². The Hall–Kier alpha value is -0.230. The van der Waals surface area contributed by atoms with Crippen LogP contribution in [0.3, 0.4) is 0 Å². The van der Waals surface area contributed by atoms with Crippen molar-refractivity contribution in [3.05, 3.63) is 37.8 Å². The molecule has 0 radical (unpaired) electrons. The number of unbranched alkanes of at least 4 members (excludes halogenated alkanes) is 2. The Morgan fingerprint density at radius 1 is 1.33 bits per heavy atom. The van der Waals surface area contributed by atoms with Crippen LogP contribution in [0.15, 0.2) is 22.7 Å². The van der Waals surface area contributed by atoms with E-state index in [0.717, 1.165) is 41.1 Å². The zero-order valence-electron chi connectivity index (χ0n) is 10.1. The fourth-order valence-electron chi connectivity index (χ4n) is 1.93. The van der Waals surface area contributed by atoms with E-state index in [1.165, 1.54) is 0 Å². The Bertz CT molecular complexity index is 571. The Morgan fingerprint density at radius 2 is 2.11 bits per heavy atom. The highest BCUT2D eigenvalue weighted by molar-refractivity contribution is 14.1. The molecule has 0 atom stereocenters. The SMILES string of the molecule is CCCCCc1nc2ccc(Br)cc2c(I)c1F. The van der Waals surface area contributed by atoms with Gasteiger partial charge in [0.25, 0.3) is 0 Å². The summed E-state index contributed by atoms with van der Waals surface area (Å²) in [5, 5.41) is 0.877. The quantitative estimate of drug-likeness (QED) is 0.471. The standard InChI is InChI=1S/C14H14BrFIN/c1-2-3-4-5-12-13(16)14(17)10-8-9(15)6-7-11(10)18-12/h6-8H,2-5H2,1H3. The summed E-state index contributed by atoms with van der Waals surface area (Å²) in [6, 6.07) is 5.80. The van der Waals surface area contributed by atoms with Gasteiger partial charge in [-0.1, -0.05) is 35.7 Å². The molecule has 0 aliphatic heterocycles. The van der Waals surface area contributed by atoms with E-state index in [9.17, 15) is 4.39 Å². The molecule has 0 unspecified atom stereocenters. The predicted molar refractivity (Wildman–Crippen MR) is 85.3 cm³/mol. The molecule has 0 bridgehead atoms. The lowest BCUT2D eigenvalue weighted by molar-refractivity contribution is 0.583. The molecular formula is C14H14BrFIN. The van der Waals surface area contributed by atoms with Gasteiger partial charge >= 0.3 is 0 Å². The molecule has 0 aliphatic rings. The van der Waals surface area contributed by atoms with Crippen molar-refractivity contribution >= 4 is 49.4 Å². The van der Waals surface area contributed by atoms with Crippen LogP contribution in [0.4, 0.5) is 4.39 Å². The van der Waals surface area contributed by atoms with E-state index >= 15 is 0 Å². The van der Waals surface area contributed by atoms with Crippen molar-refractivity contribution < 1.29 is 4.39 Å². The van der Waals surface area contributed by atoms with Crippen LogP contribution in [-0.4, -0.2) is 4.98 Å². The second kappa shape index (κ2) is 6.28. The van der Waals surface area contributed by atoms with E-state index < -0.39 is 0 Å². The molecular weight excluding hydrogens is 408 g/mol. The van der Waals surface area contributed by atoms with Gasteiger partial charge in [0.2, 0.25) is 0 Å². The molecule has 1 aromatic carbocycles. The maximum atomic E-state index is 14.2. The van der Waals surface area contributed by atoms with Crippen molar-refractivity contribution in [1.29, 1.82) is 0 Å². The van der Waals surface area contributed by atoms with Crippen LogP contribution in [0.1, 0.15) is 31.9 Å². The number of hydrogen-bond acceptors (Lipinski definition) is 1. The summed E-state index contributed by atoms with van der Waals surface area (Å²) in [4.78, 5) is 4.45. The minimum absolute atomic E-state index is 0.155. The first kappa shape index (κ1) is 14.2. The van der Waals surface area contributed by atoms with E-state index in [0.29, 0.717) is 9.26 Å². The van der Waals surface area contributed by atoms with Gasteiger partial charge in [0, 0.05) is 9.86 Å². The second-order valence-electron chi connectivity index (χ2n) is 4.31. The number of halogens is 3. The number of benzene rings is 1. The molecule has 0 saturated carbocycles. The Morgan fingerprint density at radius 3 is 2.83 bits per heavy atom. The lowest BCUT2D eigenvalue weighted by Crippen LogP contribution is -2.00. The number of nitrogens with zero attached hydrogens (tertiary/aromatic N) is 1. The van der Waals surface area contributed by atoms with Crippen molar-refractivity contribution in [2.45, 2.75) is 32.6 Å². The Labute approximate surface area is 128 Å². The lowest BCUT2D eigenvalue weighted by atomic mass is 10.1. The van der Waals surface area contributed by atoms with E-state index in [2.05, 4.69) is 50.4 Å². The van der Waals surface area contributed by atoms with Crippen LogP contribution < -0.4 is 0 Å². The Balaban J connectivity index is 2.43. The molecule has 2 aromatic rings. The highest BCUT2D eigenvalue weighted by atomic mass is 127. The molecule has 0 fully saturated rings. The largest absolute Gasteiger partial charge is 0.250 e. The summed E-state index contributed by atoms with van der Waals surface area (Å²) < 4.78 is 15.8. The molecule has 1 heterocycles. The highest BCUT2D eigenvalue weighted by Gasteiger charge is 2.12. The van der Waals surface area contributed by atoms with Crippen molar-refractivity contribution in [1.82, 2.24) is 4.98 Å². The van der Waals surface area contributed by atoms with Gasteiger partial charge in [0.15, 0.2) is 5.82 Å². The third-order valence-electron chi connectivity index (χ3n) is 2.91. The maximum Gasteiger partial charge on any atom is 0.158 e. The van der Waals surface area contributed by atoms with Gasteiger partial charge in [-0.2, -0.15) is 0 Å². The van der Waals surface area contributed by atoms with Crippen LogP contribution >= 0.6 is 38.5 Å². The molecule has 96 valence electrons. The van der Waals surface area contributed by atoms with Gasteiger partial charge in [0.1, 0.15) is 0 Å². The topological polar surface area (TPSA) is 12.9 Å². The zero-order valence-corrected chi connectivity index (χ0v) is 13.9. The average molecular weight is 422 g/mol. The van der Waals surface area contributed by atoms with Crippen LogP contribution in [0, 0.1) is 9.39 Å². The van der Waals surface area contributed by atoms with Gasteiger partial charge < -0.3 is 0 Å². The van der Waals surface area contributed by atoms with Crippen molar-refractivity contribution in [2.75, 3.05) is 0 Å². The molecule has 18 heavy (non-hydrogen) atoms. The summed E-state index contributed by atoms with van der Waals surface area (Å²) in [5.74, 6) is -0.155. The number of aryl methyl sites for hydroxylation is 1. The first-order chi connectivity index (χ1) is 8.63. The smallest absolute Gasteiger partial charge is 0.158 e. The summed E-state index contributed by atoms with van der Waals surface area (Å²) >= 11 is 5.48. The highest BCUT2D eigenvalue weighted by Crippen LogP contribution is 2.27. The van der Waals surface area contributed by atoms with Crippen molar-refractivity contribution in [3.8, 4) is 0 Å². The molecule has 0 amide bonds. The first-order valence-electron chi connectivity index (χ1n) is 6.06. The monoisotopic (exact) mass is 421 g/mol. The minimum Gasteiger partial charge on any atom is -0.250 e. The number of fused-ring (bicyclic) bond motifs is 1. The van der Waals surface area contributed by atoms with E-state index in [4.69, 9.17) is 0 Å². The molecule has 0 aliphatic carbocycles. The van der Waals surface area contributed by atoms with Crippen LogP contribution in [-0.2, 0) is 6.42 Å². The molecule has 0 N–H and O–H groups in total. The van der Waals surface area contributed by atoms with Crippen molar-refractivity contribution in [2.24, 2.45) is 0 Å². The number of rotatable bonds is 4. The fraction of sp³-hybridized carbons (Fsp3) is 0.357. The zero-order chi connectivity index (χ0) is 13.1.